The third-order valence-corrected chi connectivity index (χ3v) is 1.51. The molecule has 0 radical (unpaired) electrons. The topological polar surface area (TPSA) is 40.1 Å². The predicted octanol–water partition coefficient (Wildman–Crippen LogP) is -1.91. The van der Waals surface area contributed by atoms with E-state index in [-0.39, 0.29) is 35.1 Å². The first kappa shape index (κ1) is 12.4. The van der Waals surface area contributed by atoms with Crippen molar-refractivity contribution >= 4 is 12.0 Å². The normalized spacial score (nSPS) is 9.62. The van der Waals surface area contributed by atoms with Gasteiger partial charge in [0, 0.05) is 0 Å². The molecule has 1 aromatic carbocycles. The number of benzene rings is 1. The van der Waals surface area contributed by atoms with Crippen LogP contribution in [0.15, 0.2) is 30.3 Å². The van der Waals surface area contributed by atoms with E-state index < -0.39 is 5.97 Å². The summed E-state index contributed by atoms with van der Waals surface area (Å²) in [5, 5.41) is 10.3. The van der Waals surface area contributed by atoms with Crippen molar-refractivity contribution in [1.29, 1.82) is 0 Å². The SMILES string of the molecule is C/C=C/c1ccc(C(=O)[O-])cc1.[Na+]. The molecule has 0 spiro atoms. The zero-order valence-corrected chi connectivity index (χ0v) is 9.78. The van der Waals surface area contributed by atoms with Crippen LogP contribution in [0, 0.1) is 0 Å². The molecule has 0 aliphatic heterocycles. The van der Waals surface area contributed by atoms with Crippen molar-refractivity contribution in [2.75, 3.05) is 0 Å². The summed E-state index contributed by atoms with van der Waals surface area (Å²) in [4.78, 5) is 10.3. The van der Waals surface area contributed by atoms with Gasteiger partial charge in [0.2, 0.25) is 0 Å². The molecule has 13 heavy (non-hydrogen) atoms. The standard InChI is InChI=1S/C10H10O2.Na/c1-2-3-8-4-6-9(7-5-8)10(11)12;/h2-7H,1H3,(H,11,12);/q;+1/p-1/b3-2+;. The Kier molecular flexibility index (Phi) is 5.71. The fourth-order valence-electron chi connectivity index (χ4n) is 0.923. The van der Waals surface area contributed by atoms with E-state index in [2.05, 4.69) is 0 Å². The van der Waals surface area contributed by atoms with Gasteiger partial charge < -0.3 is 9.90 Å². The molecule has 1 aromatic rings. The zero-order chi connectivity index (χ0) is 8.97. The molecule has 0 saturated carbocycles. The van der Waals surface area contributed by atoms with E-state index >= 15 is 0 Å². The van der Waals surface area contributed by atoms with Gasteiger partial charge >= 0.3 is 29.6 Å². The Morgan fingerprint density at radius 1 is 1.31 bits per heavy atom. The molecule has 0 amide bonds. The molecular weight excluding hydrogens is 175 g/mol. The second-order valence-corrected chi connectivity index (χ2v) is 2.41. The molecule has 0 saturated heterocycles. The Morgan fingerprint density at radius 3 is 2.23 bits per heavy atom. The van der Waals surface area contributed by atoms with Crippen LogP contribution in [0.3, 0.4) is 0 Å². The maximum atomic E-state index is 10.3. The molecule has 0 fully saturated rings. The molecule has 0 aromatic heterocycles. The minimum atomic E-state index is -1.14. The first-order valence-corrected chi connectivity index (χ1v) is 3.68. The number of carbonyl (C=O) groups excluding carboxylic acids is 1. The van der Waals surface area contributed by atoms with E-state index in [0.717, 1.165) is 5.56 Å². The smallest absolute Gasteiger partial charge is 0.545 e. The fourth-order valence-corrected chi connectivity index (χ4v) is 0.923. The van der Waals surface area contributed by atoms with Crippen LogP contribution in [0.5, 0.6) is 0 Å². The summed E-state index contributed by atoms with van der Waals surface area (Å²) < 4.78 is 0. The Labute approximate surface area is 99.6 Å². The number of hydrogen-bond acceptors (Lipinski definition) is 2. The number of allylic oxidation sites excluding steroid dienone is 1. The molecule has 0 heterocycles. The second kappa shape index (κ2) is 5.97. The van der Waals surface area contributed by atoms with Crippen molar-refractivity contribution in [2.45, 2.75) is 6.92 Å². The van der Waals surface area contributed by atoms with Crippen molar-refractivity contribution in [3.8, 4) is 0 Å². The Morgan fingerprint density at radius 2 is 1.85 bits per heavy atom. The Hall–Kier alpha value is -0.570. The summed E-state index contributed by atoms with van der Waals surface area (Å²) in [6.45, 7) is 1.91. The number of carboxylic acid groups (broad SMARTS) is 1. The number of hydrogen-bond donors (Lipinski definition) is 0. The number of aromatic carboxylic acids is 1. The average Bonchev–Trinajstić information content (AvgIpc) is 2.06. The van der Waals surface area contributed by atoms with Gasteiger partial charge in [0.05, 0.1) is 5.97 Å². The van der Waals surface area contributed by atoms with E-state index in [4.69, 9.17) is 0 Å². The molecule has 0 N–H and O–H groups in total. The van der Waals surface area contributed by atoms with E-state index in [0.29, 0.717) is 0 Å². The first-order valence-electron chi connectivity index (χ1n) is 3.68. The molecule has 3 heteroatoms. The van der Waals surface area contributed by atoms with Gasteiger partial charge in [0.1, 0.15) is 0 Å². The van der Waals surface area contributed by atoms with Crippen molar-refractivity contribution < 1.29 is 39.5 Å². The van der Waals surface area contributed by atoms with Crippen LogP contribution in [0.1, 0.15) is 22.8 Å². The fraction of sp³-hybridized carbons (Fsp3) is 0.100. The minimum absolute atomic E-state index is 0. The van der Waals surface area contributed by atoms with Crippen molar-refractivity contribution in [3.05, 3.63) is 41.5 Å². The molecular formula is C10H9NaO2. The third-order valence-electron chi connectivity index (χ3n) is 1.51. The molecule has 0 aliphatic rings. The summed E-state index contributed by atoms with van der Waals surface area (Å²) in [6, 6.07) is 6.55. The van der Waals surface area contributed by atoms with Gasteiger partial charge in [-0.25, -0.2) is 0 Å². The van der Waals surface area contributed by atoms with E-state index in [1.807, 2.05) is 19.1 Å². The van der Waals surface area contributed by atoms with Gasteiger partial charge in [-0.2, -0.15) is 0 Å². The van der Waals surface area contributed by atoms with Crippen LogP contribution in [0.2, 0.25) is 0 Å². The van der Waals surface area contributed by atoms with Crippen LogP contribution in [0.4, 0.5) is 0 Å². The van der Waals surface area contributed by atoms with Crippen LogP contribution >= 0.6 is 0 Å². The van der Waals surface area contributed by atoms with Crippen molar-refractivity contribution in [3.63, 3.8) is 0 Å². The average molecular weight is 184 g/mol. The van der Waals surface area contributed by atoms with Gasteiger partial charge in [0.15, 0.2) is 0 Å². The van der Waals surface area contributed by atoms with Crippen LogP contribution < -0.4 is 34.7 Å². The molecule has 2 nitrogen and oxygen atoms in total. The van der Waals surface area contributed by atoms with Crippen molar-refractivity contribution in [1.82, 2.24) is 0 Å². The van der Waals surface area contributed by atoms with Gasteiger partial charge in [-0.15, -0.1) is 0 Å². The van der Waals surface area contributed by atoms with Crippen LogP contribution in [-0.4, -0.2) is 5.97 Å². The number of carbonyl (C=O) groups is 1. The summed E-state index contributed by atoms with van der Waals surface area (Å²) >= 11 is 0. The Bertz CT molecular complexity index is 301. The van der Waals surface area contributed by atoms with E-state index in [1.54, 1.807) is 12.1 Å². The van der Waals surface area contributed by atoms with Gasteiger partial charge in [-0.1, -0.05) is 36.4 Å². The molecule has 1 rings (SSSR count). The third kappa shape index (κ3) is 3.77. The minimum Gasteiger partial charge on any atom is -0.545 e. The summed E-state index contributed by atoms with van der Waals surface area (Å²) in [5.41, 5.74) is 1.20. The second-order valence-electron chi connectivity index (χ2n) is 2.41. The quantitative estimate of drug-likeness (QED) is 0.503. The molecule has 0 bridgehead atoms. The molecule has 0 atom stereocenters. The summed E-state index contributed by atoms with van der Waals surface area (Å²) in [5.74, 6) is -1.14. The summed E-state index contributed by atoms with van der Waals surface area (Å²) in [7, 11) is 0. The van der Waals surface area contributed by atoms with E-state index in [1.165, 1.54) is 12.1 Å². The maximum Gasteiger partial charge on any atom is 1.00 e. The van der Waals surface area contributed by atoms with Crippen LogP contribution in [0.25, 0.3) is 6.08 Å². The molecule has 0 unspecified atom stereocenters. The first-order chi connectivity index (χ1) is 5.74. The predicted molar refractivity (Wildman–Crippen MR) is 45.5 cm³/mol. The number of rotatable bonds is 2. The Balaban J connectivity index is 0.00000144. The van der Waals surface area contributed by atoms with Gasteiger partial charge in [0.25, 0.3) is 0 Å². The largest absolute Gasteiger partial charge is 1.00 e. The maximum absolute atomic E-state index is 10.3. The molecule has 0 aliphatic carbocycles. The van der Waals surface area contributed by atoms with Gasteiger partial charge in [-0.05, 0) is 18.1 Å². The van der Waals surface area contributed by atoms with Gasteiger partial charge in [-0.3, -0.25) is 0 Å². The summed E-state index contributed by atoms with van der Waals surface area (Å²) in [6.07, 6.45) is 3.80. The van der Waals surface area contributed by atoms with Crippen LogP contribution in [-0.2, 0) is 0 Å². The number of carboxylic acids is 1. The van der Waals surface area contributed by atoms with E-state index in [9.17, 15) is 9.90 Å². The van der Waals surface area contributed by atoms with Crippen molar-refractivity contribution in [2.24, 2.45) is 0 Å². The molecule has 62 valence electrons. The zero-order valence-electron chi connectivity index (χ0n) is 7.78. The monoisotopic (exact) mass is 184 g/mol.